The van der Waals surface area contributed by atoms with Crippen LogP contribution in [0.1, 0.15) is 28.8 Å². The molecule has 0 aliphatic heterocycles. The van der Waals surface area contributed by atoms with E-state index in [1.54, 1.807) is 0 Å². The number of nitrogens with zero attached hydrogens (tertiary/aromatic N) is 1. The van der Waals surface area contributed by atoms with Gasteiger partial charge in [0.15, 0.2) is 0 Å². The zero-order valence-corrected chi connectivity index (χ0v) is 30.2. The molecule has 1 nitrogen and oxygen atoms in total. The molecule has 0 unspecified atom stereocenters. The van der Waals surface area contributed by atoms with Gasteiger partial charge in [-0.25, -0.2) is 0 Å². The van der Waals surface area contributed by atoms with Crippen molar-refractivity contribution in [2.75, 3.05) is 0 Å². The van der Waals surface area contributed by atoms with Crippen LogP contribution in [-0.2, 0) is 6.42 Å². The number of aryl methyl sites for hydroxylation is 1. The normalized spacial score (nSPS) is 12.8. The Labute approximate surface area is 315 Å². The molecular formula is C53H37N. The van der Waals surface area contributed by atoms with Gasteiger partial charge in [-0.1, -0.05) is 164 Å². The van der Waals surface area contributed by atoms with Gasteiger partial charge in [0.1, 0.15) is 0 Å². The van der Waals surface area contributed by atoms with Crippen molar-refractivity contribution in [3.63, 3.8) is 0 Å². The highest BCUT2D eigenvalue weighted by atomic mass is 15.0. The van der Waals surface area contributed by atoms with E-state index in [4.69, 9.17) is 0 Å². The summed E-state index contributed by atoms with van der Waals surface area (Å²) in [6.45, 7) is 6.35. The Morgan fingerprint density at radius 2 is 1.13 bits per heavy atom. The molecule has 9 aromatic rings. The van der Waals surface area contributed by atoms with Crippen LogP contribution in [0.2, 0.25) is 0 Å². The predicted molar refractivity (Wildman–Crippen MR) is 231 cm³/mol. The van der Waals surface area contributed by atoms with Crippen LogP contribution in [0.5, 0.6) is 0 Å². The first kappa shape index (κ1) is 30.9. The Morgan fingerprint density at radius 3 is 1.80 bits per heavy atom. The SMILES string of the molecule is C=Cc1ccc2c3c(n(-c4ccc(-c5ccc6c7c(cccc57)-c5c-6c(-c6ccccc6)c6ccccc6c5-c5ccccc5)cc4)c2c1C)CCC=C3. The van der Waals surface area contributed by atoms with Crippen molar-refractivity contribution in [2.24, 2.45) is 0 Å². The predicted octanol–water partition coefficient (Wildman–Crippen LogP) is 14.5. The fourth-order valence-corrected chi connectivity index (χ4v) is 9.64. The van der Waals surface area contributed by atoms with E-state index in [9.17, 15) is 0 Å². The first-order valence-electron chi connectivity index (χ1n) is 19.0. The highest BCUT2D eigenvalue weighted by molar-refractivity contribution is 6.28. The molecule has 0 saturated heterocycles. The number of allylic oxidation sites excluding steroid dienone is 1. The lowest BCUT2D eigenvalue weighted by atomic mass is 9.82. The van der Waals surface area contributed by atoms with Crippen LogP contribution in [0.15, 0.2) is 164 Å². The molecule has 2 aliphatic rings. The van der Waals surface area contributed by atoms with Crippen LogP contribution in [0, 0.1) is 6.92 Å². The number of hydrogen-bond acceptors (Lipinski definition) is 0. The molecule has 0 bridgehead atoms. The summed E-state index contributed by atoms with van der Waals surface area (Å²) in [4.78, 5) is 0. The molecule has 2 aliphatic carbocycles. The molecule has 1 heterocycles. The van der Waals surface area contributed by atoms with E-state index in [0.717, 1.165) is 12.8 Å². The van der Waals surface area contributed by atoms with Gasteiger partial charge in [0.05, 0.1) is 5.52 Å². The molecular weight excluding hydrogens is 651 g/mol. The monoisotopic (exact) mass is 687 g/mol. The fourth-order valence-electron chi connectivity index (χ4n) is 9.64. The van der Waals surface area contributed by atoms with E-state index in [1.807, 2.05) is 6.08 Å². The van der Waals surface area contributed by atoms with Crippen LogP contribution in [0.3, 0.4) is 0 Å². The zero-order valence-electron chi connectivity index (χ0n) is 30.2. The van der Waals surface area contributed by atoms with E-state index in [2.05, 4.69) is 182 Å². The number of benzene rings is 8. The van der Waals surface area contributed by atoms with Crippen molar-refractivity contribution >= 4 is 44.6 Å². The minimum absolute atomic E-state index is 1.03. The molecule has 254 valence electrons. The molecule has 0 saturated carbocycles. The lowest BCUT2D eigenvalue weighted by Gasteiger charge is -2.20. The Bertz CT molecular complexity index is 2940. The summed E-state index contributed by atoms with van der Waals surface area (Å²) < 4.78 is 2.51. The Hall–Kier alpha value is -6.70. The standard InChI is InChI=1S/C53H37N/c1-3-34-27-30-44-40-19-12-13-24-47(40)54(53(44)33(34)2)38-28-25-35(26-29-38)39-31-32-46-50-41(39)22-14-23-45(50)51-48(36-15-6-4-7-16-36)42-20-10-11-21-43(42)49(52(46)51)37-17-8-5-9-18-37/h3-12,14-23,25-32H,1,13,24H2,2H3. The van der Waals surface area contributed by atoms with Gasteiger partial charge in [-0.15, -0.1) is 0 Å². The molecule has 1 aromatic heterocycles. The van der Waals surface area contributed by atoms with Crippen molar-refractivity contribution in [3.8, 4) is 61.3 Å². The van der Waals surface area contributed by atoms with Gasteiger partial charge in [-0.2, -0.15) is 0 Å². The van der Waals surface area contributed by atoms with Gasteiger partial charge in [-0.05, 0) is 120 Å². The van der Waals surface area contributed by atoms with Crippen LogP contribution >= 0.6 is 0 Å². The number of hydrogen-bond donors (Lipinski definition) is 0. The van der Waals surface area contributed by atoms with Crippen LogP contribution in [0.25, 0.3) is 106 Å². The average Bonchev–Trinajstić information content (AvgIpc) is 3.75. The largest absolute Gasteiger partial charge is 0.313 e. The molecule has 1 heteroatoms. The first-order valence-corrected chi connectivity index (χ1v) is 19.0. The summed E-state index contributed by atoms with van der Waals surface area (Å²) >= 11 is 0. The van der Waals surface area contributed by atoms with E-state index in [0.29, 0.717) is 0 Å². The number of rotatable bonds is 5. The Kier molecular flexibility index (Phi) is 6.81. The highest BCUT2D eigenvalue weighted by Gasteiger charge is 2.31. The number of aromatic nitrogens is 1. The van der Waals surface area contributed by atoms with Gasteiger partial charge < -0.3 is 4.57 Å². The van der Waals surface area contributed by atoms with Crippen molar-refractivity contribution in [3.05, 3.63) is 187 Å². The molecule has 11 rings (SSSR count). The summed E-state index contributed by atoms with van der Waals surface area (Å²) in [7, 11) is 0. The topological polar surface area (TPSA) is 4.93 Å². The van der Waals surface area contributed by atoms with Crippen molar-refractivity contribution in [1.82, 2.24) is 4.57 Å². The summed E-state index contributed by atoms with van der Waals surface area (Å²) in [5, 5.41) is 6.51. The maximum absolute atomic E-state index is 4.11. The van der Waals surface area contributed by atoms with Crippen molar-refractivity contribution in [2.45, 2.75) is 19.8 Å². The van der Waals surface area contributed by atoms with E-state index in [-0.39, 0.29) is 0 Å². The first-order chi connectivity index (χ1) is 26.7. The highest BCUT2D eigenvalue weighted by Crippen LogP contribution is 2.58. The van der Waals surface area contributed by atoms with E-state index in [1.165, 1.54) is 116 Å². The maximum atomic E-state index is 4.11. The molecule has 8 aromatic carbocycles. The van der Waals surface area contributed by atoms with Crippen LogP contribution in [0.4, 0.5) is 0 Å². The minimum Gasteiger partial charge on any atom is -0.313 e. The lowest BCUT2D eigenvalue weighted by Crippen LogP contribution is -2.03. The van der Waals surface area contributed by atoms with Crippen LogP contribution in [-0.4, -0.2) is 4.57 Å². The minimum atomic E-state index is 1.03. The molecule has 0 spiro atoms. The van der Waals surface area contributed by atoms with Gasteiger partial charge in [-0.3, -0.25) is 0 Å². The summed E-state index contributed by atoms with van der Waals surface area (Å²) in [6, 6.07) is 56.4. The van der Waals surface area contributed by atoms with E-state index < -0.39 is 0 Å². The second-order valence-electron chi connectivity index (χ2n) is 14.7. The maximum Gasteiger partial charge on any atom is 0.0572 e. The van der Waals surface area contributed by atoms with E-state index >= 15 is 0 Å². The molecule has 0 N–H and O–H groups in total. The molecule has 0 fully saturated rings. The molecule has 54 heavy (non-hydrogen) atoms. The third kappa shape index (κ3) is 4.33. The van der Waals surface area contributed by atoms with Crippen molar-refractivity contribution < 1.29 is 0 Å². The van der Waals surface area contributed by atoms with Crippen LogP contribution < -0.4 is 0 Å². The van der Waals surface area contributed by atoms with Gasteiger partial charge in [0.2, 0.25) is 0 Å². The van der Waals surface area contributed by atoms with Gasteiger partial charge >= 0.3 is 0 Å². The van der Waals surface area contributed by atoms with Crippen molar-refractivity contribution in [1.29, 1.82) is 0 Å². The molecule has 0 amide bonds. The second-order valence-corrected chi connectivity index (χ2v) is 14.7. The lowest BCUT2D eigenvalue weighted by molar-refractivity contribution is 0.887. The van der Waals surface area contributed by atoms with Gasteiger partial charge in [0.25, 0.3) is 0 Å². The quantitative estimate of drug-likeness (QED) is 0.170. The Balaban J connectivity index is 1.14. The zero-order chi connectivity index (χ0) is 35.9. The number of fused-ring (bicyclic) bond motifs is 7. The Morgan fingerprint density at radius 1 is 0.519 bits per heavy atom. The summed E-state index contributed by atoms with van der Waals surface area (Å²) in [5.41, 5.74) is 20.6. The van der Waals surface area contributed by atoms with Gasteiger partial charge in [0, 0.05) is 22.3 Å². The molecule has 0 radical (unpaired) electrons. The second kappa shape index (κ2) is 11.9. The smallest absolute Gasteiger partial charge is 0.0572 e. The average molecular weight is 688 g/mol. The molecule has 0 atom stereocenters. The fraction of sp³-hybridized carbons (Fsp3) is 0.0566. The third-order valence-corrected chi connectivity index (χ3v) is 12.0. The third-order valence-electron chi connectivity index (χ3n) is 12.0. The summed E-state index contributed by atoms with van der Waals surface area (Å²) in [5.74, 6) is 0. The summed E-state index contributed by atoms with van der Waals surface area (Å²) in [6.07, 6.45) is 8.70.